The smallest absolute Gasteiger partial charge is 0.222 e. The average molecular weight is 312 g/mol. The van der Waals surface area contributed by atoms with E-state index < -0.39 is 0 Å². The normalized spacial score (nSPS) is 10.2. The number of halogens is 1. The molecule has 0 atom stereocenters. The fraction of sp³-hybridized carbons (Fsp3) is 0.0588. The maximum atomic E-state index is 5.96. The van der Waals surface area contributed by atoms with Crippen LogP contribution in [0.15, 0.2) is 67.0 Å². The van der Waals surface area contributed by atoms with E-state index in [4.69, 9.17) is 16.3 Å². The van der Waals surface area contributed by atoms with Gasteiger partial charge in [-0.3, -0.25) is 0 Å². The van der Waals surface area contributed by atoms with Gasteiger partial charge in [0.05, 0.1) is 0 Å². The molecule has 0 radical (unpaired) electrons. The van der Waals surface area contributed by atoms with Crippen molar-refractivity contribution in [2.75, 3.05) is 5.32 Å². The van der Waals surface area contributed by atoms with Gasteiger partial charge >= 0.3 is 0 Å². The van der Waals surface area contributed by atoms with Gasteiger partial charge in [-0.05, 0) is 42.0 Å². The summed E-state index contributed by atoms with van der Waals surface area (Å²) < 4.78 is 5.81. The summed E-state index contributed by atoms with van der Waals surface area (Å²) in [5.41, 5.74) is 1.08. The van der Waals surface area contributed by atoms with Crippen LogP contribution < -0.4 is 10.1 Å². The molecular formula is C17H14ClN3O. The summed E-state index contributed by atoms with van der Waals surface area (Å²) in [4.78, 5) is 8.25. The van der Waals surface area contributed by atoms with E-state index >= 15 is 0 Å². The number of rotatable bonds is 5. The summed E-state index contributed by atoms with van der Waals surface area (Å²) in [6.07, 6.45) is 3.40. The first-order chi connectivity index (χ1) is 10.8. The predicted molar refractivity (Wildman–Crippen MR) is 87.3 cm³/mol. The number of aromatic nitrogens is 2. The van der Waals surface area contributed by atoms with Crippen molar-refractivity contribution in [2.45, 2.75) is 6.54 Å². The Kier molecular flexibility index (Phi) is 4.51. The Labute approximate surface area is 133 Å². The molecule has 22 heavy (non-hydrogen) atoms. The zero-order valence-electron chi connectivity index (χ0n) is 11.7. The van der Waals surface area contributed by atoms with Crippen LogP contribution in [0.3, 0.4) is 0 Å². The molecule has 3 rings (SSSR count). The maximum absolute atomic E-state index is 5.96. The molecule has 0 aliphatic rings. The van der Waals surface area contributed by atoms with Gasteiger partial charge in [-0.1, -0.05) is 29.8 Å². The van der Waals surface area contributed by atoms with E-state index in [1.54, 1.807) is 24.5 Å². The van der Waals surface area contributed by atoms with Crippen molar-refractivity contribution in [1.29, 1.82) is 0 Å². The van der Waals surface area contributed by atoms with Crippen LogP contribution in [0, 0.1) is 0 Å². The predicted octanol–water partition coefficient (Wildman–Crippen LogP) is 4.53. The first-order valence-corrected chi connectivity index (χ1v) is 7.21. The molecule has 1 N–H and O–H groups in total. The second-order valence-corrected chi connectivity index (χ2v) is 5.07. The van der Waals surface area contributed by atoms with Gasteiger partial charge in [-0.15, -0.1) is 0 Å². The minimum absolute atomic E-state index is 0.601. The molecule has 0 aliphatic heterocycles. The molecule has 0 aliphatic carbocycles. The van der Waals surface area contributed by atoms with Crippen LogP contribution in [-0.2, 0) is 6.54 Å². The summed E-state index contributed by atoms with van der Waals surface area (Å²) in [5, 5.41) is 3.81. The lowest BCUT2D eigenvalue weighted by molar-refractivity contribution is 0.482. The topological polar surface area (TPSA) is 47.0 Å². The third-order valence-electron chi connectivity index (χ3n) is 2.95. The molecule has 2 aromatic carbocycles. The molecule has 110 valence electrons. The van der Waals surface area contributed by atoms with E-state index in [2.05, 4.69) is 15.3 Å². The average Bonchev–Trinajstić information content (AvgIpc) is 2.54. The maximum Gasteiger partial charge on any atom is 0.222 e. The summed E-state index contributed by atoms with van der Waals surface area (Å²) >= 11 is 5.96. The number of nitrogens with one attached hydrogen (secondary N) is 1. The highest BCUT2D eigenvalue weighted by molar-refractivity contribution is 6.30. The molecule has 0 saturated carbocycles. The molecule has 0 spiro atoms. The minimum atomic E-state index is 0.601. The molecule has 0 saturated heterocycles. The molecule has 0 amide bonds. The molecule has 0 unspecified atom stereocenters. The third-order valence-corrected chi connectivity index (χ3v) is 3.18. The van der Waals surface area contributed by atoms with Gasteiger partial charge in [0.25, 0.3) is 0 Å². The number of hydrogen-bond donors (Lipinski definition) is 1. The van der Waals surface area contributed by atoms with Crippen molar-refractivity contribution in [3.63, 3.8) is 0 Å². The largest absolute Gasteiger partial charge is 0.457 e. The molecule has 4 nitrogen and oxygen atoms in total. The summed E-state index contributed by atoms with van der Waals surface area (Å²) in [7, 11) is 0. The number of hydrogen-bond acceptors (Lipinski definition) is 4. The Morgan fingerprint density at radius 2 is 1.64 bits per heavy atom. The van der Waals surface area contributed by atoms with Gasteiger partial charge in [0, 0.05) is 24.0 Å². The van der Waals surface area contributed by atoms with Crippen molar-refractivity contribution in [2.24, 2.45) is 0 Å². The second kappa shape index (κ2) is 6.91. The fourth-order valence-corrected chi connectivity index (χ4v) is 2.14. The first kappa shape index (κ1) is 14.4. The van der Waals surface area contributed by atoms with E-state index in [1.807, 2.05) is 42.5 Å². The molecule has 3 aromatic rings. The van der Waals surface area contributed by atoms with Gasteiger partial charge < -0.3 is 10.1 Å². The first-order valence-electron chi connectivity index (χ1n) is 6.83. The Morgan fingerprint density at radius 1 is 0.909 bits per heavy atom. The molecule has 0 fully saturated rings. The summed E-state index contributed by atoms with van der Waals surface area (Å²) in [6.45, 7) is 0.622. The van der Waals surface area contributed by atoms with Crippen LogP contribution >= 0.6 is 11.6 Å². The van der Waals surface area contributed by atoms with Gasteiger partial charge in [-0.2, -0.15) is 0 Å². The summed E-state index contributed by atoms with van der Waals surface area (Å²) in [6, 6.07) is 16.9. The molecule has 1 aromatic heterocycles. The zero-order chi connectivity index (χ0) is 15.2. The van der Waals surface area contributed by atoms with Crippen LogP contribution in [0.2, 0.25) is 5.02 Å². The Bertz CT molecular complexity index is 750. The van der Waals surface area contributed by atoms with Crippen LogP contribution in [0.5, 0.6) is 11.5 Å². The van der Waals surface area contributed by atoms with Crippen molar-refractivity contribution >= 4 is 17.5 Å². The quantitative estimate of drug-likeness (QED) is 0.751. The van der Waals surface area contributed by atoms with E-state index in [-0.39, 0.29) is 0 Å². The standard InChI is InChI=1S/C17H14ClN3O/c18-14-5-2-7-16(11-14)22-15-6-1-4-13(10-15)12-21-17-19-8-3-9-20-17/h1-11H,12H2,(H,19,20,21). The molecule has 5 heteroatoms. The highest BCUT2D eigenvalue weighted by Crippen LogP contribution is 2.24. The second-order valence-electron chi connectivity index (χ2n) is 4.63. The minimum Gasteiger partial charge on any atom is -0.457 e. The monoisotopic (exact) mass is 311 g/mol. The van der Waals surface area contributed by atoms with Gasteiger partial charge in [-0.25, -0.2) is 9.97 Å². The van der Waals surface area contributed by atoms with E-state index in [1.165, 1.54) is 0 Å². The fourth-order valence-electron chi connectivity index (χ4n) is 1.96. The molecule has 0 bridgehead atoms. The van der Waals surface area contributed by atoms with Crippen molar-refractivity contribution in [3.05, 3.63) is 77.6 Å². The van der Waals surface area contributed by atoms with Gasteiger partial charge in [0.2, 0.25) is 5.95 Å². The number of nitrogens with zero attached hydrogens (tertiary/aromatic N) is 2. The lowest BCUT2D eigenvalue weighted by Crippen LogP contribution is -2.02. The zero-order valence-corrected chi connectivity index (χ0v) is 12.5. The van der Waals surface area contributed by atoms with E-state index in [0.29, 0.717) is 23.3 Å². The van der Waals surface area contributed by atoms with Gasteiger partial charge in [0.15, 0.2) is 0 Å². The SMILES string of the molecule is Clc1cccc(Oc2cccc(CNc3ncccn3)c2)c1. The lowest BCUT2D eigenvalue weighted by atomic mass is 10.2. The highest BCUT2D eigenvalue weighted by Gasteiger charge is 2.01. The number of anilines is 1. The van der Waals surface area contributed by atoms with Crippen molar-refractivity contribution < 1.29 is 4.74 Å². The van der Waals surface area contributed by atoms with E-state index in [9.17, 15) is 0 Å². The Hall–Kier alpha value is -2.59. The van der Waals surface area contributed by atoms with Crippen LogP contribution in [0.4, 0.5) is 5.95 Å². The van der Waals surface area contributed by atoms with Crippen molar-refractivity contribution in [1.82, 2.24) is 9.97 Å². The Balaban J connectivity index is 1.67. The van der Waals surface area contributed by atoms with Crippen molar-refractivity contribution in [3.8, 4) is 11.5 Å². The molecular weight excluding hydrogens is 298 g/mol. The van der Waals surface area contributed by atoms with Gasteiger partial charge in [0.1, 0.15) is 11.5 Å². The van der Waals surface area contributed by atoms with E-state index in [0.717, 1.165) is 11.3 Å². The summed E-state index contributed by atoms with van der Waals surface area (Å²) in [5.74, 6) is 2.07. The highest BCUT2D eigenvalue weighted by atomic mass is 35.5. The lowest BCUT2D eigenvalue weighted by Gasteiger charge is -2.09. The van der Waals surface area contributed by atoms with Crippen LogP contribution in [0.25, 0.3) is 0 Å². The number of ether oxygens (including phenoxy) is 1. The third kappa shape index (κ3) is 3.96. The number of benzene rings is 2. The van der Waals surface area contributed by atoms with Crippen LogP contribution in [-0.4, -0.2) is 9.97 Å². The van der Waals surface area contributed by atoms with Crippen LogP contribution in [0.1, 0.15) is 5.56 Å². The Morgan fingerprint density at radius 3 is 2.41 bits per heavy atom. The molecule has 1 heterocycles.